The quantitative estimate of drug-likeness (QED) is 0.845. The molecule has 124 valence electrons. The number of halogens is 4. The molecular formula is C17H17ClF3NO. The zero-order valence-corrected chi connectivity index (χ0v) is 13.2. The maximum atomic E-state index is 12.8. The Morgan fingerprint density at radius 2 is 1.70 bits per heavy atom. The number of aliphatic hydroxyl groups is 1. The number of nitrogens with one attached hydrogen (secondary N) is 1. The topological polar surface area (TPSA) is 32.3 Å². The van der Waals surface area contributed by atoms with E-state index >= 15 is 0 Å². The van der Waals surface area contributed by atoms with Crippen LogP contribution in [0.4, 0.5) is 13.2 Å². The van der Waals surface area contributed by atoms with Crippen molar-refractivity contribution in [1.29, 1.82) is 0 Å². The van der Waals surface area contributed by atoms with Crippen molar-refractivity contribution >= 4 is 11.6 Å². The van der Waals surface area contributed by atoms with E-state index in [4.69, 9.17) is 11.6 Å². The fraction of sp³-hybridized carbons (Fsp3) is 0.294. The van der Waals surface area contributed by atoms with Gasteiger partial charge in [-0.15, -0.1) is 0 Å². The van der Waals surface area contributed by atoms with Crippen molar-refractivity contribution in [2.45, 2.75) is 25.2 Å². The molecule has 0 radical (unpaired) electrons. The molecule has 2 aromatic rings. The van der Waals surface area contributed by atoms with Crippen LogP contribution in [0.2, 0.25) is 5.02 Å². The third-order valence-electron chi connectivity index (χ3n) is 3.50. The van der Waals surface area contributed by atoms with Crippen molar-refractivity contribution in [3.8, 4) is 0 Å². The second kappa shape index (κ2) is 6.91. The molecule has 0 aliphatic carbocycles. The van der Waals surface area contributed by atoms with Gasteiger partial charge in [-0.3, -0.25) is 0 Å². The molecular weight excluding hydrogens is 327 g/mol. The summed E-state index contributed by atoms with van der Waals surface area (Å²) >= 11 is 5.89. The van der Waals surface area contributed by atoms with E-state index < -0.39 is 17.3 Å². The summed E-state index contributed by atoms with van der Waals surface area (Å²) in [6, 6.07) is 12.0. The molecule has 0 amide bonds. The third kappa shape index (κ3) is 4.96. The molecule has 0 aromatic heterocycles. The smallest absolute Gasteiger partial charge is 0.384 e. The zero-order chi connectivity index (χ0) is 17.1. The Morgan fingerprint density at radius 1 is 1.04 bits per heavy atom. The minimum atomic E-state index is -4.43. The van der Waals surface area contributed by atoms with E-state index in [-0.39, 0.29) is 12.1 Å². The normalized spacial score (nSPS) is 14.5. The van der Waals surface area contributed by atoms with E-state index in [2.05, 4.69) is 5.32 Å². The van der Waals surface area contributed by atoms with Crippen LogP contribution in [-0.2, 0) is 18.3 Å². The van der Waals surface area contributed by atoms with Gasteiger partial charge >= 0.3 is 6.18 Å². The lowest BCUT2D eigenvalue weighted by Gasteiger charge is -2.25. The molecule has 0 heterocycles. The van der Waals surface area contributed by atoms with Crippen LogP contribution >= 0.6 is 11.6 Å². The Labute approximate surface area is 137 Å². The first-order valence-electron chi connectivity index (χ1n) is 7.04. The van der Waals surface area contributed by atoms with Crippen LogP contribution in [0.5, 0.6) is 0 Å². The van der Waals surface area contributed by atoms with Gasteiger partial charge < -0.3 is 10.4 Å². The second-order valence-corrected chi connectivity index (χ2v) is 6.02. The predicted octanol–water partition coefficient (Wildman–Crippen LogP) is 4.36. The minimum Gasteiger partial charge on any atom is -0.384 e. The lowest BCUT2D eigenvalue weighted by atomic mass is 9.94. The van der Waals surface area contributed by atoms with Crippen LogP contribution in [0.25, 0.3) is 0 Å². The number of hydrogen-bond donors (Lipinski definition) is 2. The highest BCUT2D eigenvalue weighted by Crippen LogP contribution is 2.32. The maximum Gasteiger partial charge on any atom is 0.416 e. The molecule has 2 N–H and O–H groups in total. The van der Waals surface area contributed by atoms with E-state index in [1.54, 1.807) is 12.1 Å². The van der Waals surface area contributed by atoms with Gasteiger partial charge in [0.1, 0.15) is 0 Å². The van der Waals surface area contributed by atoms with Gasteiger partial charge in [-0.1, -0.05) is 35.9 Å². The van der Waals surface area contributed by atoms with Crippen LogP contribution in [-0.4, -0.2) is 11.7 Å². The van der Waals surface area contributed by atoms with Gasteiger partial charge in [0.15, 0.2) is 0 Å². The molecule has 23 heavy (non-hydrogen) atoms. The third-order valence-corrected chi connectivity index (χ3v) is 3.73. The summed E-state index contributed by atoms with van der Waals surface area (Å²) < 4.78 is 38.3. The highest BCUT2D eigenvalue weighted by Gasteiger charge is 2.32. The van der Waals surface area contributed by atoms with Crippen LogP contribution in [0.15, 0.2) is 48.5 Å². The van der Waals surface area contributed by atoms with E-state index in [9.17, 15) is 18.3 Å². The highest BCUT2D eigenvalue weighted by atomic mass is 35.5. The van der Waals surface area contributed by atoms with Gasteiger partial charge in [-0.2, -0.15) is 13.2 Å². The molecule has 2 aromatic carbocycles. The molecule has 0 saturated carbocycles. The average molecular weight is 344 g/mol. The maximum absolute atomic E-state index is 12.8. The summed E-state index contributed by atoms with van der Waals surface area (Å²) in [6.45, 7) is 2.05. The summed E-state index contributed by atoms with van der Waals surface area (Å²) in [6.07, 6.45) is -4.43. The van der Waals surface area contributed by atoms with Crippen molar-refractivity contribution in [3.63, 3.8) is 0 Å². The second-order valence-electron chi connectivity index (χ2n) is 5.59. The molecule has 1 unspecified atom stereocenters. The summed E-state index contributed by atoms with van der Waals surface area (Å²) in [7, 11) is 0. The van der Waals surface area contributed by atoms with Gasteiger partial charge in [0.2, 0.25) is 0 Å². The lowest BCUT2D eigenvalue weighted by molar-refractivity contribution is -0.137. The number of hydrogen-bond acceptors (Lipinski definition) is 2. The average Bonchev–Trinajstić information content (AvgIpc) is 2.46. The van der Waals surface area contributed by atoms with Gasteiger partial charge in [0.25, 0.3) is 0 Å². The van der Waals surface area contributed by atoms with Gasteiger partial charge in [-0.05, 0) is 42.3 Å². The molecule has 0 saturated heterocycles. The first-order chi connectivity index (χ1) is 10.7. The van der Waals surface area contributed by atoms with Gasteiger partial charge in [0, 0.05) is 18.1 Å². The fourth-order valence-electron chi connectivity index (χ4n) is 2.23. The molecule has 2 rings (SSSR count). The Morgan fingerprint density at radius 3 is 2.35 bits per heavy atom. The van der Waals surface area contributed by atoms with Crippen LogP contribution in [0.1, 0.15) is 23.6 Å². The monoisotopic (exact) mass is 343 g/mol. The van der Waals surface area contributed by atoms with Crippen molar-refractivity contribution in [2.75, 3.05) is 6.54 Å². The highest BCUT2D eigenvalue weighted by molar-refractivity contribution is 6.30. The summed E-state index contributed by atoms with van der Waals surface area (Å²) in [5.41, 5.74) is -1.05. The molecule has 1 atom stereocenters. The summed E-state index contributed by atoms with van der Waals surface area (Å²) in [4.78, 5) is 0. The van der Waals surface area contributed by atoms with Crippen molar-refractivity contribution < 1.29 is 18.3 Å². The Kier molecular flexibility index (Phi) is 5.34. The minimum absolute atomic E-state index is 0.112. The van der Waals surface area contributed by atoms with E-state index in [1.165, 1.54) is 19.1 Å². The Hall–Kier alpha value is -1.56. The summed E-state index contributed by atoms with van der Waals surface area (Å²) in [5, 5.41) is 14.1. The van der Waals surface area contributed by atoms with Crippen LogP contribution < -0.4 is 5.32 Å². The standard InChI is InChI=1S/C17H17ClF3NO/c1-16(23,11-22-10-12-4-2-7-15(18)8-12)13-5-3-6-14(9-13)17(19,20)21/h2-9,22-23H,10-11H2,1H3. The first-order valence-corrected chi connectivity index (χ1v) is 7.41. The molecule has 0 aliphatic heterocycles. The Bertz CT molecular complexity index is 671. The molecule has 0 bridgehead atoms. The molecule has 2 nitrogen and oxygen atoms in total. The van der Waals surface area contributed by atoms with Crippen molar-refractivity contribution in [1.82, 2.24) is 5.32 Å². The number of alkyl halides is 3. The van der Waals surface area contributed by atoms with Crippen LogP contribution in [0.3, 0.4) is 0 Å². The predicted molar refractivity (Wildman–Crippen MR) is 84.2 cm³/mol. The van der Waals surface area contributed by atoms with Crippen molar-refractivity contribution in [2.24, 2.45) is 0 Å². The Balaban J connectivity index is 2.04. The van der Waals surface area contributed by atoms with Crippen LogP contribution in [0, 0.1) is 0 Å². The SMILES string of the molecule is CC(O)(CNCc1cccc(Cl)c1)c1cccc(C(F)(F)F)c1. The lowest BCUT2D eigenvalue weighted by Crippen LogP contribution is -2.35. The van der Waals surface area contributed by atoms with E-state index in [1.807, 2.05) is 12.1 Å². The van der Waals surface area contributed by atoms with Crippen molar-refractivity contribution in [3.05, 3.63) is 70.2 Å². The van der Waals surface area contributed by atoms with Gasteiger partial charge in [0.05, 0.1) is 11.2 Å². The van der Waals surface area contributed by atoms with E-state index in [0.29, 0.717) is 11.6 Å². The number of rotatable bonds is 5. The molecule has 0 fully saturated rings. The fourth-order valence-corrected chi connectivity index (χ4v) is 2.44. The zero-order valence-electron chi connectivity index (χ0n) is 12.5. The summed E-state index contributed by atoms with van der Waals surface area (Å²) in [5.74, 6) is 0. The van der Waals surface area contributed by atoms with Gasteiger partial charge in [-0.25, -0.2) is 0 Å². The van der Waals surface area contributed by atoms with E-state index in [0.717, 1.165) is 17.7 Å². The first kappa shape index (κ1) is 17.8. The molecule has 6 heteroatoms. The number of benzene rings is 2. The molecule has 0 spiro atoms. The largest absolute Gasteiger partial charge is 0.416 e. The molecule has 0 aliphatic rings.